The van der Waals surface area contributed by atoms with Gasteiger partial charge in [-0.3, -0.25) is 20.4 Å². The first-order valence-corrected chi connectivity index (χ1v) is 8.01. The van der Waals surface area contributed by atoms with Gasteiger partial charge >= 0.3 is 0 Å². The Labute approximate surface area is 147 Å². The Morgan fingerprint density at radius 3 is 2.16 bits per heavy atom. The summed E-state index contributed by atoms with van der Waals surface area (Å²) in [6.07, 6.45) is 0. The average Bonchev–Trinajstić information content (AvgIpc) is 2.59. The highest BCUT2D eigenvalue weighted by Gasteiger charge is 2.10. The van der Waals surface area contributed by atoms with Gasteiger partial charge in [0, 0.05) is 5.56 Å². The number of rotatable bonds is 6. The Kier molecular flexibility index (Phi) is 6.39. The number of carbonyl (C=O) groups excluding carboxylic acids is 2. The van der Waals surface area contributed by atoms with Crippen molar-refractivity contribution in [3.05, 3.63) is 59.2 Å². The molecule has 2 amide bonds. The zero-order chi connectivity index (χ0) is 18.2. The molecule has 0 saturated heterocycles. The molecule has 0 aliphatic carbocycles. The Morgan fingerprint density at radius 2 is 1.56 bits per heavy atom. The van der Waals surface area contributed by atoms with Crippen LogP contribution in [0.3, 0.4) is 0 Å². The second-order valence-corrected chi connectivity index (χ2v) is 5.51. The van der Waals surface area contributed by atoms with Crippen LogP contribution in [0, 0.1) is 13.8 Å². The standard InChI is InChI=1S/C19H22N2O4/c1-4-24-15-6-8-16(9-7-15)25-12-18(22)20-21-19(23)17-10-5-13(2)11-14(17)3/h5-11H,4,12H2,1-3H3,(H,20,22)(H,21,23). The van der Waals surface area contributed by atoms with Crippen LogP contribution in [0.25, 0.3) is 0 Å². The van der Waals surface area contributed by atoms with Crippen molar-refractivity contribution in [2.75, 3.05) is 13.2 Å². The Morgan fingerprint density at radius 1 is 0.920 bits per heavy atom. The Hall–Kier alpha value is -3.02. The van der Waals surface area contributed by atoms with Crippen LogP contribution in [0.1, 0.15) is 28.4 Å². The lowest BCUT2D eigenvalue weighted by molar-refractivity contribution is -0.123. The van der Waals surface area contributed by atoms with E-state index < -0.39 is 5.91 Å². The highest BCUT2D eigenvalue weighted by atomic mass is 16.5. The van der Waals surface area contributed by atoms with Crippen molar-refractivity contribution in [1.82, 2.24) is 10.9 Å². The molecule has 0 saturated carbocycles. The van der Waals surface area contributed by atoms with E-state index in [1.54, 1.807) is 30.3 Å². The van der Waals surface area contributed by atoms with Gasteiger partial charge in [0.1, 0.15) is 11.5 Å². The van der Waals surface area contributed by atoms with Gasteiger partial charge in [-0.05, 0) is 56.7 Å². The fourth-order valence-electron chi connectivity index (χ4n) is 2.25. The highest BCUT2D eigenvalue weighted by Crippen LogP contribution is 2.17. The van der Waals surface area contributed by atoms with Crippen molar-refractivity contribution in [2.45, 2.75) is 20.8 Å². The van der Waals surface area contributed by atoms with E-state index in [1.807, 2.05) is 32.9 Å². The zero-order valence-corrected chi connectivity index (χ0v) is 14.6. The van der Waals surface area contributed by atoms with Crippen LogP contribution in [0.15, 0.2) is 42.5 Å². The number of carbonyl (C=O) groups is 2. The number of hydrogen-bond acceptors (Lipinski definition) is 4. The third kappa shape index (κ3) is 5.53. The fraction of sp³-hybridized carbons (Fsp3) is 0.263. The summed E-state index contributed by atoms with van der Waals surface area (Å²) in [5.74, 6) is 0.457. The van der Waals surface area contributed by atoms with E-state index in [4.69, 9.17) is 9.47 Å². The predicted molar refractivity (Wildman–Crippen MR) is 94.6 cm³/mol. The maximum atomic E-state index is 12.1. The van der Waals surface area contributed by atoms with Crippen LogP contribution < -0.4 is 20.3 Å². The minimum atomic E-state index is -0.452. The van der Waals surface area contributed by atoms with Crippen molar-refractivity contribution in [1.29, 1.82) is 0 Å². The summed E-state index contributed by atoms with van der Waals surface area (Å²) < 4.78 is 10.7. The SMILES string of the molecule is CCOc1ccc(OCC(=O)NNC(=O)c2ccc(C)cc2C)cc1. The van der Waals surface area contributed by atoms with E-state index in [0.717, 1.165) is 16.9 Å². The first-order valence-electron chi connectivity index (χ1n) is 8.01. The van der Waals surface area contributed by atoms with Crippen LogP contribution >= 0.6 is 0 Å². The molecule has 0 spiro atoms. The van der Waals surface area contributed by atoms with Crippen LogP contribution in [-0.2, 0) is 4.79 Å². The number of benzene rings is 2. The molecule has 0 fully saturated rings. The van der Waals surface area contributed by atoms with Crippen molar-refractivity contribution >= 4 is 11.8 Å². The lowest BCUT2D eigenvalue weighted by Crippen LogP contribution is -2.44. The van der Waals surface area contributed by atoms with E-state index in [0.29, 0.717) is 17.9 Å². The molecule has 0 aromatic heterocycles. The van der Waals surface area contributed by atoms with Gasteiger partial charge in [-0.2, -0.15) is 0 Å². The molecule has 2 N–H and O–H groups in total. The molecule has 25 heavy (non-hydrogen) atoms. The average molecular weight is 342 g/mol. The van der Waals surface area contributed by atoms with E-state index in [-0.39, 0.29) is 12.5 Å². The van der Waals surface area contributed by atoms with Gasteiger partial charge in [-0.15, -0.1) is 0 Å². The van der Waals surface area contributed by atoms with Gasteiger partial charge in [-0.1, -0.05) is 17.7 Å². The monoisotopic (exact) mass is 342 g/mol. The van der Waals surface area contributed by atoms with Crippen LogP contribution in [-0.4, -0.2) is 25.0 Å². The Bertz CT molecular complexity index is 742. The minimum Gasteiger partial charge on any atom is -0.494 e. The first kappa shape index (κ1) is 18.3. The molecular weight excluding hydrogens is 320 g/mol. The lowest BCUT2D eigenvalue weighted by Gasteiger charge is -2.11. The zero-order valence-electron chi connectivity index (χ0n) is 14.6. The molecule has 0 atom stereocenters. The van der Waals surface area contributed by atoms with Crippen LogP contribution in [0.4, 0.5) is 0 Å². The quantitative estimate of drug-likeness (QED) is 0.791. The summed E-state index contributed by atoms with van der Waals surface area (Å²) in [7, 11) is 0. The predicted octanol–water partition coefficient (Wildman–Crippen LogP) is 2.54. The van der Waals surface area contributed by atoms with Crippen LogP contribution in [0.5, 0.6) is 11.5 Å². The number of aryl methyl sites for hydroxylation is 2. The van der Waals surface area contributed by atoms with Gasteiger partial charge < -0.3 is 9.47 Å². The molecular formula is C19H22N2O4. The molecule has 2 aromatic rings. The Balaban J connectivity index is 1.79. The summed E-state index contributed by atoms with van der Waals surface area (Å²) in [6.45, 7) is 6.08. The van der Waals surface area contributed by atoms with Gasteiger partial charge in [0.25, 0.3) is 11.8 Å². The number of amides is 2. The molecule has 0 bridgehead atoms. The van der Waals surface area contributed by atoms with Crippen molar-refractivity contribution < 1.29 is 19.1 Å². The summed E-state index contributed by atoms with van der Waals surface area (Å²) in [5, 5.41) is 0. The molecule has 6 heteroatoms. The third-order valence-electron chi connectivity index (χ3n) is 3.45. The molecule has 0 heterocycles. The third-order valence-corrected chi connectivity index (χ3v) is 3.45. The second kappa shape index (κ2) is 8.73. The smallest absolute Gasteiger partial charge is 0.276 e. The number of nitrogens with one attached hydrogen (secondary N) is 2. The maximum absolute atomic E-state index is 12.1. The molecule has 0 aliphatic heterocycles. The minimum absolute atomic E-state index is 0.207. The van der Waals surface area contributed by atoms with Gasteiger partial charge in [0.05, 0.1) is 6.61 Å². The second-order valence-electron chi connectivity index (χ2n) is 5.51. The van der Waals surface area contributed by atoms with Crippen molar-refractivity contribution in [3.63, 3.8) is 0 Å². The van der Waals surface area contributed by atoms with Gasteiger partial charge in [0.15, 0.2) is 6.61 Å². The van der Waals surface area contributed by atoms with E-state index in [9.17, 15) is 9.59 Å². The number of ether oxygens (including phenoxy) is 2. The number of hydrazine groups is 1. The molecule has 2 aromatic carbocycles. The van der Waals surface area contributed by atoms with E-state index in [2.05, 4.69) is 10.9 Å². The highest BCUT2D eigenvalue weighted by molar-refractivity contribution is 5.96. The van der Waals surface area contributed by atoms with Crippen molar-refractivity contribution in [3.8, 4) is 11.5 Å². The molecule has 0 radical (unpaired) electrons. The van der Waals surface area contributed by atoms with E-state index >= 15 is 0 Å². The van der Waals surface area contributed by atoms with E-state index in [1.165, 1.54) is 0 Å². The fourth-order valence-corrected chi connectivity index (χ4v) is 2.25. The molecule has 2 rings (SSSR count). The summed E-state index contributed by atoms with van der Waals surface area (Å²) in [6, 6.07) is 12.4. The van der Waals surface area contributed by atoms with Gasteiger partial charge in [0.2, 0.25) is 0 Å². The molecule has 0 aliphatic rings. The molecule has 132 valence electrons. The lowest BCUT2D eigenvalue weighted by atomic mass is 10.1. The summed E-state index contributed by atoms with van der Waals surface area (Å²) in [4.78, 5) is 23.9. The largest absolute Gasteiger partial charge is 0.494 e. The molecule has 0 unspecified atom stereocenters. The molecule has 6 nitrogen and oxygen atoms in total. The van der Waals surface area contributed by atoms with Crippen molar-refractivity contribution in [2.24, 2.45) is 0 Å². The van der Waals surface area contributed by atoms with Crippen LogP contribution in [0.2, 0.25) is 0 Å². The number of hydrogen-bond donors (Lipinski definition) is 2. The normalized spacial score (nSPS) is 10.0. The van der Waals surface area contributed by atoms with Gasteiger partial charge in [-0.25, -0.2) is 0 Å². The first-order chi connectivity index (χ1) is 12.0. The summed E-state index contributed by atoms with van der Waals surface area (Å²) >= 11 is 0. The maximum Gasteiger partial charge on any atom is 0.276 e. The summed E-state index contributed by atoms with van der Waals surface area (Å²) in [5.41, 5.74) is 7.15. The topological polar surface area (TPSA) is 76.7 Å².